The number of hydrogen-bond acceptors (Lipinski definition) is 2. The van der Waals surface area contributed by atoms with Crippen molar-refractivity contribution in [3.63, 3.8) is 0 Å². The second-order valence-corrected chi connectivity index (χ2v) is 5.94. The highest BCUT2D eigenvalue weighted by atomic mass is 79.9. The van der Waals surface area contributed by atoms with Crippen LogP contribution in [0.4, 0.5) is 5.69 Å². The van der Waals surface area contributed by atoms with Crippen LogP contribution in [0.15, 0.2) is 57.4 Å². The molecule has 0 fully saturated rings. The monoisotopic (exact) mass is 349 g/mol. The van der Waals surface area contributed by atoms with Crippen molar-refractivity contribution in [2.75, 3.05) is 5.32 Å². The minimum atomic E-state index is 0.0691. The third-order valence-electron chi connectivity index (χ3n) is 3.17. The van der Waals surface area contributed by atoms with E-state index in [2.05, 4.69) is 34.2 Å². The molecular weight excluding hydrogens is 338 g/mol. The maximum Gasteiger partial charge on any atom is 0.134 e. The lowest BCUT2D eigenvalue weighted by molar-refractivity contribution is 0.526. The summed E-state index contributed by atoms with van der Waals surface area (Å²) in [7, 11) is 0. The quantitative estimate of drug-likeness (QED) is 0.624. The Morgan fingerprint density at radius 1 is 1.15 bits per heavy atom. The molecule has 0 saturated heterocycles. The molecule has 4 heteroatoms. The van der Waals surface area contributed by atoms with Crippen LogP contribution >= 0.6 is 27.5 Å². The summed E-state index contributed by atoms with van der Waals surface area (Å²) in [5, 5.41) is 5.19. The standard InChI is InChI=1S/C16H13BrClNO/c1-10(19-12-6-7-13(17)14(18)9-12)16-8-11-4-2-3-5-15(11)20-16/h2-10,19H,1H3. The fourth-order valence-corrected chi connectivity index (χ4v) is 2.55. The number of halogens is 2. The molecule has 1 unspecified atom stereocenters. The molecule has 3 rings (SSSR count). The second-order valence-electron chi connectivity index (χ2n) is 4.68. The van der Waals surface area contributed by atoms with Crippen molar-refractivity contribution >= 4 is 44.2 Å². The topological polar surface area (TPSA) is 25.2 Å². The lowest BCUT2D eigenvalue weighted by atomic mass is 10.2. The maximum atomic E-state index is 6.10. The van der Waals surface area contributed by atoms with Gasteiger partial charge in [0.15, 0.2) is 0 Å². The molecule has 20 heavy (non-hydrogen) atoms. The first-order valence-electron chi connectivity index (χ1n) is 6.33. The SMILES string of the molecule is CC(Nc1ccc(Br)c(Cl)c1)c1cc2ccccc2o1. The molecule has 0 spiro atoms. The number of para-hydroxylation sites is 1. The number of furan rings is 1. The molecule has 0 amide bonds. The molecule has 102 valence electrons. The third kappa shape index (κ3) is 2.69. The molecule has 0 aliphatic carbocycles. The van der Waals surface area contributed by atoms with Crippen molar-refractivity contribution in [3.05, 3.63) is 63.8 Å². The number of rotatable bonds is 3. The van der Waals surface area contributed by atoms with Gasteiger partial charge in [-0.25, -0.2) is 0 Å². The fraction of sp³-hybridized carbons (Fsp3) is 0.125. The number of anilines is 1. The van der Waals surface area contributed by atoms with Crippen molar-refractivity contribution in [1.29, 1.82) is 0 Å². The normalized spacial score (nSPS) is 12.6. The molecule has 0 radical (unpaired) electrons. The van der Waals surface area contributed by atoms with Crippen LogP contribution in [0.5, 0.6) is 0 Å². The Kier molecular flexibility index (Phi) is 3.72. The molecule has 0 saturated carbocycles. The van der Waals surface area contributed by atoms with Gasteiger partial charge >= 0.3 is 0 Å². The Balaban J connectivity index is 1.84. The Morgan fingerprint density at radius 2 is 1.95 bits per heavy atom. The van der Waals surface area contributed by atoms with E-state index in [1.54, 1.807) is 0 Å². The van der Waals surface area contributed by atoms with Crippen molar-refractivity contribution in [3.8, 4) is 0 Å². The lowest BCUT2D eigenvalue weighted by Gasteiger charge is -2.13. The Morgan fingerprint density at radius 3 is 2.70 bits per heavy atom. The summed E-state index contributed by atoms with van der Waals surface area (Å²) in [6.07, 6.45) is 0. The average molecular weight is 351 g/mol. The summed E-state index contributed by atoms with van der Waals surface area (Å²) in [5.41, 5.74) is 1.87. The van der Waals surface area contributed by atoms with E-state index in [1.165, 1.54) is 0 Å². The van der Waals surface area contributed by atoms with Crippen molar-refractivity contribution in [2.45, 2.75) is 13.0 Å². The fourth-order valence-electron chi connectivity index (χ4n) is 2.12. The zero-order valence-electron chi connectivity index (χ0n) is 10.9. The summed E-state index contributed by atoms with van der Waals surface area (Å²) in [5.74, 6) is 0.908. The molecule has 3 aromatic rings. The first kappa shape index (κ1) is 13.5. The van der Waals surface area contributed by atoms with Gasteiger partial charge in [-0.15, -0.1) is 0 Å². The maximum absolute atomic E-state index is 6.10. The third-order valence-corrected chi connectivity index (χ3v) is 4.41. The smallest absolute Gasteiger partial charge is 0.134 e. The van der Waals surface area contributed by atoms with Crippen LogP contribution in [0.3, 0.4) is 0 Å². The minimum Gasteiger partial charge on any atom is -0.459 e. The van der Waals surface area contributed by atoms with Gasteiger partial charge in [0.1, 0.15) is 11.3 Å². The van der Waals surface area contributed by atoms with Crippen LogP contribution in [0.25, 0.3) is 11.0 Å². The van der Waals surface area contributed by atoms with E-state index >= 15 is 0 Å². The van der Waals surface area contributed by atoms with Crippen LogP contribution in [-0.2, 0) is 0 Å². The van der Waals surface area contributed by atoms with Crippen LogP contribution in [0.2, 0.25) is 5.02 Å². The van der Waals surface area contributed by atoms with Gasteiger partial charge in [0.2, 0.25) is 0 Å². The number of nitrogens with one attached hydrogen (secondary N) is 1. The first-order chi connectivity index (χ1) is 9.63. The van der Waals surface area contributed by atoms with E-state index in [1.807, 2.05) is 42.5 Å². The number of hydrogen-bond donors (Lipinski definition) is 1. The zero-order chi connectivity index (χ0) is 14.1. The minimum absolute atomic E-state index is 0.0691. The van der Waals surface area contributed by atoms with Gasteiger partial charge in [0.25, 0.3) is 0 Å². The van der Waals surface area contributed by atoms with Crippen LogP contribution < -0.4 is 5.32 Å². The van der Waals surface area contributed by atoms with E-state index in [-0.39, 0.29) is 6.04 Å². The van der Waals surface area contributed by atoms with E-state index in [4.69, 9.17) is 16.0 Å². The van der Waals surface area contributed by atoms with E-state index in [9.17, 15) is 0 Å². The molecule has 0 bridgehead atoms. The Bertz CT molecular complexity index is 720. The highest BCUT2D eigenvalue weighted by Crippen LogP contribution is 2.29. The van der Waals surface area contributed by atoms with Crippen molar-refractivity contribution in [2.24, 2.45) is 0 Å². The van der Waals surface area contributed by atoms with E-state index in [0.717, 1.165) is 26.9 Å². The molecule has 1 N–H and O–H groups in total. The molecule has 1 atom stereocenters. The zero-order valence-corrected chi connectivity index (χ0v) is 13.2. The molecule has 1 heterocycles. The number of fused-ring (bicyclic) bond motifs is 1. The predicted octanol–water partition coefficient (Wildman–Crippen LogP) is 6.02. The van der Waals surface area contributed by atoms with Gasteiger partial charge in [-0.05, 0) is 53.2 Å². The molecule has 2 aromatic carbocycles. The van der Waals surface area contributed by atoms with Gasteiger partial charge in [0.05, 0.1) is 11.1 Å². The van der Waals surface area contributed by atoms with Crippen molar-refractivity contribution < 1.29 is 4.42 Å². The van der Waals surface area contributed by atoms with Gasteiger partial charge < -0.3 is 9.73 Å². The summed E-state index contributed by atoms with van der Waals surface area (Å²) in [6.45, 7) is 2.06. The first-order valence-corrected chi connectivity index (χ1v) is 7.50. The molecule has 2 nitrogen and oxygen atoms in total. The summed E-state index contributed by atoms with van der Waals surface area (Å²) < 4.78 is 6.74. The molecule has 1 aromatic heterocycles. The Labute approximate surface area is 130 Å². The summed E-state index contributed by atoms with van der Waals surface area (Å²) >= 11 is 9.48. The van der Waals surface area contributed by atoms with Crippen LogP contribution in [0, 0.1) is 0 Å². The highest BCUT2D eigenvalue weighted by molar-refractivity contribution is 9.10. The molecular formula is C16H13BrClNO. The lowest BCUT2D eigenvalue weighted by Crippen LogP contribution is -2.05. The largest absolute Gasteiger partial charge is 0.459 e. The Hall–Kier alpha value is -1.45. The second kappa shape index (κ2) is 5.51. The average Bonchev–Trinajstić information content (AvgIpc) is 2.87. The van der Waals surface area contributed by atoms with Crippen LogP contribution in [0.1, 0.15) is 18.7 Å². The van der Waals surface area contributed by atoms with Gasteiger partial charge in [-0.3, -0.25) is 0 Å². The summed E-state index contributed by atoms with van der Waals surface area (Å²) in [4.78, 5) is 0. The number of benzene rings is 2. The van der Waals surface area contributed by atoms with Gasteiger partial charge in [0, 0.05) is 15.5 Å². The predicted molar refractivity (Wildman–Crippen MR) is 87.4 cm³/mol. The molecule has 0 aliphatic heterocycles. The van der Waals surface area contributed by atoms with Gasteiger partial charge in [-0.1, -0.05) is 29.8 Å². The van der Waals surface area contributed by atoms with Crippen molar-refractivity contribution in [1.82, 2.24) is 0 Å². The van der Waals surface area contributed by atoms with Gasteiger partial charge in [-0.2, -0.15) is 0 Å². The highest BCUT2D eigenvalue weighted by Gasteiger charge is 2.11. The van der Waals surface area contributed by atoms with E-state index in [0.29, 0.717) is 5.02 Å². The van der Waals surface area contributed by atoms with Crippen LogP contribution in [-0.4, -0.2) is 0 Å². The van der Waals surface area contributed by atoms with E-state index < -0.39 is 0 Å². The molecule has 0 aliphatic rings. The summed E-state index contributed by atoms with van der Waals surface area (Å²) in [6, 6.07) is 15.9.